The molecule has 1 aromatic carbocycles. The zero-order valence-electron chi connectivity index (χ0n) is 18.2. The number of carbonyl (C=O) groups is 1. The number of carboxylic acid groups (broad SMARTS) is 1. The highest BCUT2D eigenvalue weighted by molar-refractivity contribution is 5.81. The van der Waals surface area contributed by atoms with Gasteiger partial charge in [0.25, 0.3) is 0 Å². The first-order valence-electron chi connectivity index (χ1n) is 11.4. The van der Waals surface area contributed by atoms with E-state index in [4.69, 9.17) is 5.11 Å². The van der Waals surface area contributed by atoms with Crippen LogP contribution >= 0.6 is 0 Å². The molecule has 4 bridgehead atoms. The monoisotopic (exact) mass is 406 g/mol. The lowest BCUT2D eigenvalue weighted by molar-refractivity contribution is -0.131. The lowest BCUT2D eigenvalue weighted by atomic mass is 9.48. The van der Waals surface area contributed by atoms with Crippen LogP contribution in [0.2, 0.25) is 0 Å². The lowest BCUT2D eigenvalue weighted by Crippen LogP contribution is -2.48. The zero-order valence-corrected chi connectivity index (χ0v) is 18.2. The van der Waals surface area contributed by atoms with Gasteiger partial charge in [-0.3, -0.25) is 0 Å². The molecule has 4 aliphatic rings. The molecule has 1 aromatic rings. The molecule has 0 atom stereocenters. The van der Waals surface area contributed by atoms with Crippen molar-refractivity contribution in [3.05, 3.63) is 64.8 Å². The molecule has 3 nitrogen and oxygen atoms in total. The van der Waals surface area contributed by atoms with Crippen molar-refractivity contribution in [3.63, 3.8) is 0 Å². The minimum Gasteiger partial charge on any atom is -0.508 e. The van der Waals surface area contributed by atoms with Crippen LogP contribution < -0.4 is 0 Å². The topological polar surface area (TPSA) is 57.5 Å². The minimum atomic E-state index is -0.917. The highest BCUT2D eigenvalue weighted by Gasteiger charge is 2.52. The van der Waals surface area contributed by atoms with Crippen LogP contribution in [0.25, 0.3) is 0 Å². The van der Waals surface area contributed by atoms with Gasteiger partial charge in [-0.15, -0.1) is 0 Å². The summed E-state index contributed by atoms with van der Waals surface area (Å²) in [6.45, 7) is 3.90. The molecule has 0 aliphatic heterocycles. The Kier molecular flexibility index (Phi) is 5.90. The third kappa shape index (κ3) is 4.55. The molecule has 5 rings (SSSR count). The van der Waals surface area contributed by atoms with E-state index in [-0.39, 0.29) is 5.41 Å². The summed E-state index contributed by atoms with van der Waals surface area (Å²) in [5, 5.41) is 19.5. The summed E-state index contributed by atoms with van der Waals surface area (Å²) >= 11 is 0. The van der Waals surface area contributed by atoms with Crippen molar-refractivity contribution in [2.45, 2.75) is 70.6 Å². The molecule has 160 valence electrons. The number of phenolic OH excluding ortho intramolecular Hbond substituents is 1. The molecule has 4 fully saturated rings. The number of aliphatic carboxylic acids is 1. The Morgan fingerprint density at radius 2 is 1.73 bits per heavy atom. The van der Waals surface area contributed by atoms with Crippen molar-refractivity contribution in [3.8, 4) is 5.75 Å². The SMILES string of the molecule is CC(/C=C/C=C(\C)CCc1ccc(O)c(C23CC4CC(CC(C4)C2)C3)c1)=C\C(=O)O. The number of allylic oxidation sites excluding steroid dienone is 5. The van der Waals surface area contributed by atoms with Gasteiger partial charge in [0.2, 0.25) is 0 Å². The summed E-state index contributed by atoms with van der Waals surface area (Å²) in [5.74, 6) is 2.19. The van der Waals surface area contributed by atoms with E-state index in [9.17, 15) is 9.90 Å². The standard InChI is InChI=1S/C27H34O3/c1-18(4-3-5-19(2)10-26(29)30)6-7-20-8-9-25(28)24(14-20)27-15-21-11-22(16-27)13-23(12-21)17-27/h3-5,8-10,14,21-23,28H,6-7,11-13,15-17H2,1-2H3,(H,29,30)/b5-3+,18-4+,19-10+. The Morgan fingerprint density at radius 1 is 1.10 bits per heavy atom. The average molecular weight is 407 g/mol. The van der Waals surface area contributed by atoms with E-state index >= 15 is 0 Å². The van der Waals surface area contributed by atoms with Crippen LogP contribution in [0.4, 0.5) is 0 Å². The first-order valence-corrected chi connectivity index (χ1v) is 11.4. The van der Waals surface area contributed by atoms with Gasteiger partial charge in [0, 0.05) is 11.6 Å². The smallest absolute Gasteiger partial charge is 0.328 e. The summed E-state index contributed by atoms with van der Waals surface area (Å²) in [4.78, 5) is 10.7. The molecular formula is C27H34O3. The van der Waals surface area contributed by atoms with E-state index in [1.807, 2.05) is 18.2 Å². The molecule has 0 unspecified atom stereocenters. The van der Waals surface area contributed by atoms with Crippen molar-refractivity contribution in [1.82, 2.24) is 0 Å². The summed E-state index contributed by atoms with van der Waals surface area (Å²) in [6.07, 6.45) is 17.0. The fraction of sp³-hybridized carbons (Fsp3) is 0.519. The molecule has 0 amide bonds. The molecule has 30 heavy (non-hydrogen) atoms. The van der Waals surface area contributed by atoms with Crippen molar-refractivity contribution in [1.29, 1.82) is 0 Å². The fourth-order valence-corrected chi connectivity index (χ4v) is 6.64. The highest BCUT2D eigenvalue weighted by atomic mass is 16.4. The second-order valence-corrected chi connectivity index (χ2v) is 10.1. The Bertz CT molecular complexity index is 867. The number of carboxylic acids is 1. The van der Waals surface area contributed by atoms with Gasteiger partial charge in [-0.1, -0.05) is 35.9 Å². The highest BCUT2D eigenvalue weighted by Crippen LogP contribution is 2.61. The molecule has 4 aliphatic carbocycles. The molecule has 3 heteroatoms. The molecule has 0 spiro atoms. The number of aryl methyl sites for hydroxylation is 1. The van der Waals surface area contributed by atoms with E-state index in [2.05, 4.69) is 25.1 Å². The predicted octanol–water partition coefficient (Wildman–Crippen LogP) is 6.33. The fourth-order valence-electron chi connectivity index (χ4n) is 6.64. The van der Waals surface area contributed by atoms with Gasteiger partial charge in [-0.25, -0.2) is 4.79 Å². The maximum absolute atomic E-state index is 10.7. The molecule has 0 radical (unpaired) electrons. The number of benzene rings is 1. The largest absolute Gasteiger partial charge is 0.508 e. The molecule has 2 N–H and O–H groups in total. The number of hydrogen-bond donors (Lipinski definition) is 2. The van der Waals surface area contributed by atoms with Crippen LogP contribution in [0.5, 0.6) is 5.75 Å². The third-order valence-electron chi connectivity index (χ3n) is 7.57. The number of phenols is 1. The lowest BCUT2D eigenvalue weighted by Gasteiger charge is -2.57. The van der Waals surface area contributed by atoms with Crippen LogP contribution in [-0.4, -0.2) is 16.2 Å². The van der Waals surface area contributed by atoms with Crippen molar-refractivity contribution < 1.29 is 15.0 Å². The summed E-state index contributed by atoms with van der Waals surface area (Å²) in [5.41, 5.74) is 4.73. The quantitative estimate of drug-likeness (QED) is 0.411. The zero-order chi connectivity index (χ0) is 21.3. The first-order chi connectivity index (χ1) is 14.3. The van der Waals surface area contributed by atoms with Crippen molar-refractivity contribution >= 4 is 5.97 Å². The van der Waals surface area contributed by atoms with E-state index < -0.39 is 5.97 Å². The molecule has 0 aromatic heterocycles. The average Bonchev–Trinajstić information content (AvgIpc) is 2.65. The summed E-state index contributed by atoms with van der Waals surface area (Å²) < 4.78 is 0. The Balaban J connectivity index is 1.44. The van der Waals surface area contributed by atoms with Gasteiger partial charge < -0.3 is 10.2 Å². The van der Waals surface area contributed by atoms with E-state index in [1.165, 1.54) is 61.3 Å². The third-order valence-corrected chi connectivity index (χ3v) is 7.57. The van der Waals surface area contributed by atoms with E-state index in [0.717, 1.165) is 36.2 Å². The normalized spacial score (nSPS) is 30.9. The van der Waals surface area contributed by atoms with Gasteiger partial charge in [-0.05, 0) is 106 Å². The van der Waals surface area contributed by atoms with E-state index in [1.54, 1.807) is 6.92 Å². The molecule has 0 saturated heterocycles. The maximum atomic E-state index is 10.7. The molecular weight excluding hydrogens is 372 g/mol. The molecule has 4 saturated carbocycles. The first kappa shape index (κ1) is 21.0. The molecule has 0 heterocycles. The van der Waals surface area contributed by atoms with Gasteiger partial charge in [0.05, 0.1) is 0 Å². The Hall–Kier alpha value is -2.29. The van der Waals surface area contributed by atoms with Crippen LogP contribution in [-0.2, 0) is 16.6 Å². The van der Waals surface area contributed by atoms with Gasteiger partial charge in [0.1, 0.15) is 5.75 Å². The minimum absolute atomic E-state index is 0.219. The van der Waals surface area contributed by atoms with Crippen LogP contribution in [0.1, 0.15) is 69.9 Å². The van der Waals surface area contributed by atoms with Crippen LogP contribution in [0, 0.1) is 17.8 Å². The predicted molar refractivity (Wildman–Crippen MR) is 121 cm³/mol. The number of hydrogen-bond acceptors (Lipinski definition) is 2. The Morgan fingerprint density at radius 3 is 2.33 bits per heavy atom. The van der Waals surface area contributed by atoms with Crippen LogP contribution in [0.3, 0.4) is 0 Å². The second kappa shape index (κ2) is 8.45. The van der Waals surface area contributed by atoms with Gasteiger partial charge in [0.15, 0.2) is 0 Å². The Labute approximate surface area is 180 Å². The van der Waals surface area contributed by atoms with Crippen molar-refractivity contribution in [2.24, 2.45) is 17.8 Å². The van der Waals surface area contributed by atoms with Gasteiger partial charge >= 0.3 is 5.97 Å². The van der Waals surface area contributed by atoms with Crippen LogP contribution in [0.15, 0.2) is 53.6 Å². The van der Waals surface area contributed by atoms with E-state index in [0.29, 0.717) is 5.75 Å². The summed E-state index contributed by atoms with van der Waals surface area (Å²) in [6, 6.07) is 6.29. The second-order valence-electron chi connectivity index (χ2n) is 10.1. The van der Waals surface area contributed by atoms with Crippen molar-refractivity contribution in [2.75, 3.05) is 0 Å². The number of rotatable bonds is 7. The van der Waals surface area contributed by atoms with Gasteiger partial charge in [-0.2, -0.15) is 0 Å². The maximum Gasteiger partial charge on any atom is 0.328 e. The number of aromatic hydroxyl groups is 1. The summed E-state index contributed by atoms with van der Waals surface area (Å²) in [7, 11) is 0.